The zero-order valence-electron chi connectivity index (χ0n) is 9.39. The highest BCUT2D eigenvalue weighted by Crippen LogP contribution is 2.16. The number of hydrogen-bond donors (Lipinski definition) is 0. The summed E-state index contributed by atoms with van der Waals surface area (Å²) in [5, 5.41) is 0. The zero-order chi connectivity index (χ0) is 11.3. The summed E-state index contributed by atoms with van der Waals surface area (Å²) in [5.41, 5.74) is 0.886. The van der Waals surface area contributed by atoms with Crippen LogP contribution in [0.15, 0.2) is 18.2 Å². The maximum atomic E-state index is 12.9. The van der Waals surface area contributed by atoms with Gasteiger partial charge < -0.3 is 0 Å². The van der Waals surface area contributed by atoms with Crippen molar-refractivity contribution in [2.45, 2.75) is 39.5 Å². The van der Waals surface area contributed by atoms with E-state index in [9.17, 15) is 8.78 Å². The van der Waals surface area contributed by atoms with E-state index in [-0.39, 0.29) is 0 Å². The molecule has 0 aromatic heterocycles. The molecule has 0 N–H and O–H groups in total. The average Bonchev–Trinajstić information content (AvgIpc) is 2.20. The van der Waals surface area contributed by atoms with Crippen molar-refractivity contribution in [3.63, 3.8) is 0 Å². The van der Waals surface area contributed by atoms with Gasteiger partial charge >= 0.3 is 0 Å². The molecule has 1 atom stereocenters. The predicted octanol–water partition coefficient (Wildman–Crippen LogP) is 4.33. The van der Waals surface area contributed by atoms with Gasteiger partial charge in [0.25, 0.3) is 0 Å². The Hall–Kier alpha value is -0.920. The van der Waals surface area contributed by atoms with E-state index in [2.05, 4.69) is 13.8 Å². The van der Waals surface area contributed by atoms with E-state index < -0.39 is 11.6 Å². The summed E-state index contributed by atoms with van der Waals surface area (Å²) >= 11 is 0. The molecular formula is C13H18F2. The normalized spacial score (nSPS) is 12.8. The average molecular weight is 212 g/mol. The zero-order valence-corrected chi connectivity index (χ0v) is 9.39. The highest BCUT2D eigenvalue weighted by Gasteiger charge is 2.05. The Morgan fingerprint density at radius 1 is 1.13 bits per heavy atom. The molecule has 1 aromatic rings. The lowest BCUT2D eigenvalue weighted by molar-refractivity contribution is 0.481. The van der Waals surface area contributed by atoms with Gasteiger partial charge in [0.1, 0.15) is 0 Å². The fourth-order valence-electron chi connectivity index (χ4n) is 1.75. The minimum Gasteiger partial charge on any atom is -0.204 e. The van der Waals surface area contributed by atoms with E-state index in [4.69, 9.17) is 0 Å². The quantitative estimate of drug-likeness (QED) is 0.681. The maximum absolute atomic E-state index is 12.9. The fraction of sp³-hybridized carbons (Fsp3) is 0.538. The molecule has 0 aliphatic rings. The van der Waals surface area contributed by atoms with Gasteiger partial charge in [0, 0.05) is 0 Å². The topological polar surface area (TPSA) is 0 Å². The lowest BCUT2D eigenvalue weighted by Crippen LogP contribution is -1.97. The molecule has 1 aromatic carbocycles. The molecule has 0 fully saturated rings. The molecule has 84 valence electrons. The van der Waals surface area contributed by atoms with Crippen LogP contribution >= 0.6 is 0 Å². The number of rotatable bonds is 5. The third-order valence-electron chi connectivity index (χ3n) is 2.69. The van der Waals surface area contributed by atoms with Crippen molar-refractivity contribution in [2.24, 2.45) is 5.92 Å². The molecule has 15 heavy (non-hydrogen) atoms. The van der Waals surface area contributed by atoms with Crippen LogP contribution in [0.3, 0.4) is 0 Å². The van der Waals surface area contributed by atoms with Gasteiger partial charge in [-0.2, -0.15) is 0 Å². The summed E-state index contributed by atoms with van der Waals surface area (Å²) < 4.78 is 25.5. The minimum absolute atomic E-state index is 0.656. The first-order chi connectivity index (χ1) is 7.13. The van der Waals surface area contributed by atoms with Crippen molar-refractivity contribution >= 4 is 0 Å². The second kappa shape index (κ2) is 5.84. The summed E-state index contributed by atoms with van der Waals surface area (Å²) in [6, 6.07) is 4.17. The predicted molar refractivity (Wildman–Crippen MR) is 58.8 cm³/mol. The monoisotopic (exact) mass is 212 g/mol. The summed E-state index contributed by atoms with van der Waals surface area (Å²) in [5.74, 6) is -0.848. The smallest absolute Gasteiger partial charge is 0.159 e. The lowest BCUT2D eigenvalue weighted by Gasteiger charge is -2.09. The van der Waals surface area contributed by atoms with Crippen LogP contribution in [0.4, 0.5) is 8.78 Å². The van der Waals surface area contributed by atoms with Crippen molar-refractivity contribution < 1.29 is 8.78 Å². The first-order valence-corrected chi connectivity index (χ1v) is 5.57. The summed E-state index contributed by atoms with van der Waals surface area (Å²) in [6.45, 7) is 4.36. The maximum Gasteiger partial charge on any atom is 0.159 e. The number of aryl methyl sites for hydroxylation is 1. The molecule has 0 aliphatic heterocycles. The molecule has 1 unspecified atom stereocenters. The van der Waals surface area contributed by atoms with Gasteiger partial charge in [0.2, 0.25) is 0 Å². The van der Waals surface area contributed by atoms with E-state index in [0.29, 0.717) is 5.92 Å². The van der Waals surface area contributed by atoms with Crippen molar-refractivity contribution in [3.05, 3.63) is 35.4 Å². The van der Waals surface area contributed by atoms with Crippen molar-refractivity contribution in [1.82, 2.24) is 0 Å². The fourth-order valence-corrected chi connectivity index (χ4v) is 1.75. The minimum atomic E-state index is -0.764. The second-order valence-electron chi connectivity index (χ2n) is 4.18. The van der Waals surface area contributed by atoms with Crippen LogP contribution in [0, 0.1) is 17.6 Å². The largest absolute Gasteiger partial charge is 0.204 e. The van der Waals surface area contributed by atoms with Crippen LogP contribution in [0.1, 0.15) is 38.7 Å². The number of hydrogen-bond acceptors (Lipinski definition) is 0. The van der Waals surface area contributed by atoms with E-state index in [0.717, 1.165) is 18.4 Å². The molecule has 0 radical (unpaired) electrons. The number of benzene rings is 1. The molecule has 0 spiro atoms. The van der Waals surface area contributed by atoms with Crippen LogP contribution in [-0.2, 0) is 6.42 Å². The van der Waals surface area contributed by atoms with Gasteiger partial charge in [-0.3, -0.25) is 0 Å². The third-order valence-corrected chi connectivity index (χ3v) is 2.69. The van der Waals surface area contributed by atoms with Crippen molar-refractivity contribution in [3.8, 4) is 0 Å². The standard InChI is InChI=1S/C13H18F2/c1-3-4-10(2)5-6-11-7-8-12(14)13(15)9-11/h7-10H,3-6H2,1-2H3. The lowest BCUT2D eigenvalue weighted by atomic mass is 9.97. The first-order valence-electron chi connectivity index (χ1n) is 5.57. The summed E-state index contributed by atoms with van der Waals surface area (Å²) in [7, 11) is 0. The molecule has 0 bridgehead atoms. The Bertz CT molecular complexity index is 307. The first kappa shape index (κ1) is 12.2. The van der Waals surface area contributed by atoms with Crippen LogP contribution in [-0.4, -0.2) is 0 Å². The molecular weight excluding hydrogens is 194 g/mol. The van der Waals surface area contributed by atoms with Crippen LogP contribution in [0.5, 0.6) is 0 Å². The molecule has 0 saturated carbocycles. The SMILES string of the molecule is CCCC(C)CCc1ccc(F)c(F)c1. The van der Waals surface area contributed by atoms with Crippen LogP contribution in [0.25, 0.3) is 0 Å². The summed E-state index contributed by atoms with van der Waals surface area (Å²) in [6.07, 6.45) is 4.25. The van der Waals surface area contributed by atoms with Gasteiger partial charge in [0.15, 0.2) is 11.6 Å². The van der Waals surface area contributed by atoms with Crippen molar-refractivity contribution in [2.75, 3.05) is 0 Å². The highest BCUT2D eigenvalue weighted by atomic mass is 19.2. The third kappa shape index (κ3) is 3.98. The van der Waals surface area contributed by atoms with E-state index in [1.807, 2.05) is 0 Å². The molecule has 1 rings (SSSR count). The van der Waals surface area contributed by atoms with Crippen molar-refractivity contribution in [1.29, 1.82) is 0 Å². The van der Waals surface area contributed by atoms with Crippen LogP contribution < -0.4 is 0 Å². The molecule has 0 amide bonds. The second-order valence-corrected chi connectivity index (χ2v) is 4.18. The molecule has 0 nitrogen and oxygen atoms in total. The number of halogens is 2. The molecule has 0 aliphatic carbocycles. The van der Waals surface area contributed by atoms with Gasteiger partial charge in [0.05, 0.1) is 0 Å². The van der Waals surface area contributed by atoms with Gasteiger partial charge in [-0.25, -0.2) is 8.78 Å². The van der Waals surface area contributed by atoms with E-state index in [1.165, 1.54) is 25.0 Å². The van der Waals surface area contributed by atoms with Crippen LogP contribution in [0.2, 0.25) is 0 Å². The Kier molecular flexibility index (Phi) is 4.73. The van der Waals surface area contributed by atoms with E-state index in [1.54, 1.807) is 6.07 Å². The Labute approximate surface area is 90.3 Å². The molecule has 0 saturated heterocycles. The Balaban J connectivity index is 2.47. The highest BCUT2D eigenvalue weighted by molar-refractivity contribution is 5.17. The molecule has 2 heteroatoms. The Morgan fingerprint density at radius 3 is 2.47 bits per heavy atom. The van der Waals surface area contributed by atoms with E-state index >= 15 is 0 Å². The molecule has 0 heterocycles. The van der Waals surface area contributed by atoms with Gasteiger partial charge in [-0.05, 0) is 36.5 Å². The van der Waals surface area contributed by atoms with Gasteiger partial charge in [-0.15, -0.1) is 0 Å². The Morgan fingerprint density at radius 2 is 1.87 bits per heavy atom. The summed E-state index contributed by atoms with van der Waals surface area (Å²) in [4.78, 5) is 0. The van der Waals surface area contributed by atoms with Gasteiger partial charge in [-0.1, -0.05) is 32.8 Å².